The van der Waals surface area contributed by atoms with Gasteiger partial charge in [0.15, 0.2) is 11.5 Å². The zero-order chi connectivity index (χ0) is 21.5. The molecule has 31 heavy (non-hydrogen) atoms. The molecule has 1 heterocycles. The van der Waals surface area contributed by atoms with E-state index in [0.29, 0.717) is 6.61 Å². The third-order valence-electron chi connectivity index (χ3n) is 5.31. The number of hydrogen-bond acceptors (Lipinski definition) is 4. The van der Waals surface area contributed by atoms with E-state index in [1.807, 2.05) is 30.3 Å². The van der Waals surface area contributed by atoms with E-state index in [-0.39, 0.29) is 0 Å². The van der Waals surface area contributed by atoms with E-state index in [4.69, 9.17) is 9.47 Å². The molecular weight excluding hydrogens is 386 g/mol. The standard InChI is InChI=1S/C26H29N3O2/c1-19-12-14-20(15-13-19)18-31-26-21(7-5-10-24(26)30-2)17-27-16-6-11-25-28-22-8-3-4-9-23(22)29-25/h3-5,7-10,12-15,27H,6,11,16-18H2,1-2H3,(H,28,29). The summed E-state index contributed by atoms with van der Waals surface area (Å²) in [5.74, 6) is 2.59. The molecule has 0 amide bonds. The third kappa shape index (κ3) is 5.44. The number of imidazole rings is 1. The summed E-state index contributed by atoms with van der Waals surface area (Å²) in [5, 5.41) is 3.53. The van der Waals surface area contributed by atoms with Crippen molar-refractivity contribution in [1.29, 1.82) is 0 Å². The van der Waals surface area contributed by atoms with Crippen molar-refractivity contribution in [2.24, 2.45) is 0 Å². The molecule has 0 bridgehead atoms. The molecule has 0 saturated carbocycles. The number of nitrogens with zero attached hydrogens (tertiary/aromatic N) is 1. The Bertz CT molecular complexity index is 1090. The van der Waals surface area contributed by atoms with Gasteiger partial charge in [-0.1, -0.05) is 54.1 Å². The topological polar surface area (TPSA) is 59.2 Å². The van der Waals surface area contributed by atoms with Crippen LogP contribution in [0.25, 0.3) is 11.0 Å². The van der Waals surface area contributed by atoms with Crippen molar-refractivity contribution >= 4 is 11.0 Å². The maximum absolute atomic E-state index is 6.17. The van der Waals surface area contributed by atoms with Crippen molar-refractivity contribution in [3.05, 3.63) is 89.2 Å². The fourth-order valence-electron chi connectivity index (χ4n) is 3.59. The molecule has 0 aliphatic carbocycles. The molecule has 2 N–H and O–H groups in total. The highest BCUT2D eigenvalue weighted by Gasteiger charge is 2.11. The monoisotopic (exact) mass is 415 g/mol. The number of methoxy groups -OCH3 is 1. The van der Waals surface area contributed by atoms with Crippen LogP contribution in [0.5, 0.6) is 11.5 Å². The lowest BCUT2D eigenvalue weighted by atomic mass is 10.1. The summed E-state index contributed by atoms with van der Waals surface area (Å²) in [6.45, 7) is 4.22. The molecule has 0 atom stereocenters. The number of aromatic nitrogens is 2. The molecule has 0 unspecified atom stereocenters. The van der Waals surface area contributed by atoms with E-state index in [2.05, 4.69) is 58.6 Å². The molecule has 3 aromatic carbocycles. The summed E-state index contributed by atoms with van der Waals surface area (Å²) >= 11 is 0. The number of aryl methyl sites for hydroxylation is 2. The average molecular weight is 416 g/mol. The molecule has 0 radical (unpaired) electrons. The summed E-state index contributed by atoms with van der Waals surface area (Å²) in [6, 6.07) is 22.6. The van der Waals surface area contributed by atoms with Gasteiger partial charge in [-0.2, -0.15) is 0 Å². The first kappa shape index (κ1) is 20.9. The number of aromatic amines is 1. The zero-order valence-electron chi connectivity index (χ0n) is 18.2. The Morgan fingerprint density at radius 1 is 0.968 bits per heavy atom. The van der Waals surface area contributed by atoms with Gasteiger partial charge >= 0.3 is 0 Å². The molecule has 4 aromatic rings. The fourth-order valence-corrected chi connectivity index (χ4v) is 3.59. The molecule has 0 spiro atoms. The number of fused-ring (bicyclic) bond motifs is 1. The minimum Gasteiger partial charge on any atom is -0.493 e. The summed E-state index contributed by atoms with van der Waals surface area (Å²) < 4.78 is 11.7. The molecule has 160 valence electrons. The maximum Gasteiger partial charge on any atom is 0.166 e. The van der Waals surface area contributed by atoms with Gasteiger partial charge in [0.1, 0.15) is 12.4 Å². The van der Waals surface area contributed by atoms with E-state index >= 15 is 0 Å². The van der Waals surface area contributed by atoms with Crippen LogP contribution in [0.2, 0.25) is 0 Å². The number of nitrogens with one attached hydrogen (secondary N) is 2. The van der Waals surface area contributed by atoms with E-state index in [0.717, 1.165) is 65.4 Å². The Balaban J connectivity index is 1.31. The molecule has 0 fully saturated rings. The van der Waals surface area contributed by atoms with E-state index < -0.39 is 0 Å². The van der Waals surface area contributed by atoms with Crippen LogP contribution in [0.4, 0.5) is 0 Å². The van der Waals surface area contributed by atoms with Crippen LogP contribution < -0.4 is 14.8 Å². The lowest BCUT2D eigenvalue weighted by molar-refractivity contribution is 0.280. The molecule has 4 rings (SSSR count). The number of para-hydroxylation sites is 3. The van der Waals surface area contributed by atoms with Crippen molar-refractivity contribution in [3.63, 3.8) is 0 Å². The van der Waals surface area contributed by atoms with Crippen molar-refractivity contribution in [1.82, 2.24) is 15.3 Å². The van der Waals surface area contributed by atoms with Crippen LogP contribution in [0.3, 0.4) is 0 Å². The van der Waals surface area contributed by atoms with E-state index in [1.54, 1.807) is 7.11 Å². The fraction of sp³-hybridized carbons (Fsp3) is 0.269. The van der Waals surface area contributed by atoms with Crippen molar-refractivity contribution in [3.8, 4) is 11.5 Å². The van der Waals surface area contributed by atoms with E-state index in [1.165, 1.54) is 5.56 Å². The maximum atomic E-state index is 6.17. The summed E-state index contributed by atoms with van der Waals surface area (Å²) in [5.41, 5.74) is 5.60. The molecule has 5 heteroatoms. The first-order valence-electron chi connectivity index (χ1n) is 10.7. The molecule has 5 nitrogen and oxygen atoms in total. The highest BCUT2D eigenvalue weighted by atomic mass is 16.5. The van der Waals surface area contributed by atoms with Crippen molar-refractivity contribution in [2.75, 3.05) is 13.7 Å². The molecule has 0 aliphatic heterocycles. The first-order valence-corrected chi connectivity index (χ1v) is 10.7. The summed E-state index contributed by atoms with van der Waals surface area (Å²) in [4.78, 5) is 8.03. The van der Waals surface area contributed by atoms with Gasteiger partial charge in [0.05, 0.1) is 18.1 Å². The summed E-state index contributed by atoms with van der Waals surface area (Å²) in [7, 11) is 1.68. The number of H-pyrrole nitrogens is 1. The van der Waals surface area contributed by atoms with Crippen molar-refractivity contribution in [2.45, 2.75) is 32.9 Å². The molecule has 0 saturated heterocycles. The Morgan fingerprint density at radius 3 is 2.61 bits per heavy atom. The van der Waals surface area contributed by atoms with Gasteiger partial charge in [-0.05, 0) is 43.7 Å². The highest BCUT2D eigenvalue weighted by molar-refractivity contribution is 5.74. The van der Waals surface area contributed by atoms with Crippen LogP contribution in [-0.2, 0) is 19.6 Å². The van der Waals surface area contributed by atoms with Crippen molar-refractivity contribution < 1.29 is 9.47 Å². The number of hydrogen-bond donors (Lipinski definition) is 2. The summed E-state index contributed by atoms with van der Waals surface area (Å²) in [6.07, 6.45) is 1.92. The van der Waals surface area contributed by atoms with Crippen LogP contribution in [-0.4, -0.2) is 23.6 Å². The Hall–Kier alpha value is -3.31. The lowest BCUT2D eigenvalue weighted by Gasteiger charge is -2.16. The largest absolute Gasteiger partial charge is 0.493 e. The van der Waals surface area contributed by atoms with Gasteiger partial charge in [0.25, 0.3) is 0 Å². The minimum atomic E-state index is 0.514. The van der Waals surface area contributed by atoms with Crippen LogP contribution >= 0.6 is 0 Å². The van der Waals surface area contributed by atoms with Gasteiger partial charge in [-0.25, -0.2) is 4.98 Å². The minimum absolute atomic E-state index is 0.514. The van der Waals surface area contributed by atoms with Gasteiger partial charge in [-0.15, -0.1) is 0 Å². The van der Waals surface area contributed by atoms with Crippen LogP contribution in [0.1, 0.15) is 28.9 Å². The second-order valence-corrected chi connectivity index (χ2v) is 7.70. The Morgan fingerprint density at radius 2 is 1.81 bits per heavy atom. The lowest BCUT2D eigenvalue weighted by Crippen LogP contribution is -2.16. The Labute approximate surface area is 183 Å². The predicted molar refractivity (Wildman–Crippen MR) is 125 cm³/mol. The van der Waals surface area contributed by atoms with Gasteiger partial charge in [0, 0.05) is 18.5 Å². The first-order chi connectivity index (χ1) is 15.2. The third-order valence-corrected chi connectivity index (χ3v) is 5.31. The molecular formula is C26H29N3O2. The SMILES string of the molecule is COc1cccc(CNCCCc2nc3ccccc3[nH]2)c1OCc1ccc(C)cc1. The van der Waals surface area contributed by atoms with Gasteiger partial charge in [-0.3, -0.25) is 0 Å². The number of ether oxygens (including phenoxy) is 2. The smallest absolute Gasteiger partial charge is 0.166 e. The van der Waals surface area contributed by atoms with Crippen LogP contribution in [0, 0.1) is 6.92 Å². The second-order valence-electron chi connectivity index (χ2n) is 7.70. The Kier molecular flexibility index (Phi) is 6.85. The molecule has 1 aromatic heterocycles. The van der Waals surface area contributed by atoms with Gasteiger partial charge < -0.3 is 19.8 Å². The highest BCUT2D eigenvalue weighted by Crippen LogP contribution is 2.31. The molecule has 0 aliphatic rings. The number of benzene rings is 3. The normalized spacial score (nSPS) is 11.0. The zero-order valence-corrected chi connectivity index (χ0v) is 18.2. The second kappa shape index (κ2) is 10.1. The van der Waals surface area contributed by atoms with Crippen LogP contribution in [0.15, 0.2) is 66.7 Å². The number of rotatable bonds is 10. The van der Waals surface area contributed by atoms with E-state index in [9.17, 15) is 0 Å². The quantitative estimate of drug-likeness (QED) is 0.350. The average Bonchev–Trinajstić information content (AvgIpc) is 3.21. The predicted octanol–water partition coefficient (Wildman–Crippen LogP) is 5.18. The van der Waals surface area contributed by atoms with Gasteiger partial charge in [0.2, 0.25) is 0 Å².